The Kier molecular flexibility index (Phi) is 3.80. The van der Waals surface area contributed by atoms with Crippen molar-refractivity contribution < 1.29 is 14.7 Å². The molecule has 2 aliphatic heterocycles. The molecule has 0 saturated carbocycles. The standard InChI is InChI=1S/C13H14N4O3S/c18-11(7-17-6-2-5-10(17)13(19)20)14-8-3-1-4-9-12(8)16-21-15-9/h1,3-4,10H,2,5-7H2,(H,14,18)(H,19,20)/t10-/m0/s1. The molecular weight excluding hydrogens is 292 g/mol. The molecule has 0 spiro atoms. The summed E-state index contributed by atoms with van der Waals surface area (Å²) in [6.45, 7) is 0.706. The van der Waals surface area contributed by atoms with Crippen LogP contribution in [0.4, 0.5) is 17.1 Å². The lowest BCUT2D eigenvalue weighted by atomic mass is 10.2. The molecule has 2 aliphatic rings. The van der Waals surface area contributed by atoms with Gasteiger partial charge in [-0.25, -0.2) is 0 Å². The lowest BCUT2D eigenvalue weighted by molar-refractivity contribution is -0.142. The van der Waals surface area contributed by atoms with Gasteiger partial charge in [-0.3, -0.25) is 14.5 Å². The van der Waals surface area contributed by atoms with Gasteiger partial charge in [-0.2, -0.15) is 8.73 Å². The van der Waals surface area contributed by atoms with E-state index >= 15 is 0 Å². The summed E-state index contributed by atoms with van der Waals surface area (Å²) >= 11 is 1.09. The van der Waals surface area contributed by atoms with Crippen LogP contribution in [-0.4, -0.2) is 41.0 Å². The van der Waals surface area contributed by atoms with Gasteiger partial charge >= 0.3 is 5.97 Å². The van der Waals surface area contributed by atoms with Gasteiger partial charge in [0.2, 0.25) is 5.91 Å². The number of likely N-dealkylation sites (tertiary alicyclic amines) is 1. The topological polar surface area (TPSA) is 94.4 Å². The first-order valence-corrected chi connectivity index (χ1v) is 7.36. The molecule has 1 aromatic carbocycles. The third-order valence-corrected chi connectivity index (χ3v) is 4.10. The Bertz CT molecular complexity index is 669. The van der Waals surface area contributed by atoms with E-state index in [-0.39, 0.29) is 12.5 Å². The largest absolute Gasteiger partial charge is 0.480 e. The summed E-state index contributed by atoms with van der Waals surface area (Å²) in [6.07, 6.45) is 1.39. The highest BCUT2D eigenvalue weighted by atomic mass is 32.1. The van der Waals surface area contributed by atoms with Crippen molar-refractivity contribution in [1.29, 1.82) is 0 Å². The molecule has 0 radical (unpaired) electrons. The molecule has 1 fully saturated rings. The van der Waals surface area contributed by atoms with Gasteiger partial charge in [-0.05, 0) is 31.5 Å². The van der Waals surface area contributed by atoms with Gasteiger partial charge in [-0.15, -0.1) is 0 Å². The molecule has 1 aromatic rings. The van der Waals surface area contributed by atoms with E-state index in [1.165, 1.54) is 0 Å². The van der Waals surface area contributed by atoms with E-state index in [9.17, 15) is 9.59 Å². The number of anilines is 1. The van der Waals surface area contributed by atoms with Crippen molar-refractivity contribution >= 4 is 40.3 Å². The van der Waals surface area contributed by atoms with Crippen LogP contribution < -0.4 is 5.32 Å². The fourth-order valence-corrected chi connectivity index (χ4v) is 3.13. The van der Waals surface area contributed by atoms with E-state index < -0.39 is 12.0 Å². The number of aliphatic carboxylic acids is 1. The summed E-state index contributed by atoms with van der Waals surface area (Å²) in [4.78, 5) is 24.9. The quantitative estimate of drug-likeness (QED) is 0.902. The second-order valence-electron chi connectivity index (χ2n) is 4.95. The van der Waals surface area contributed by atoms with Crippen LogP contribution >= 0.6 is 0 Å². The third-order valence-electron chi connectivity index (χ3n) is 3.56. The van der Waals surface area contributed by atoms with Crippen LogP contribution in [-0.2, 0) is 20.9 Å². The predicted molar refractivity (Wildman–Crippen MR) is 78.8 cm³/mol. The van der Waals surface area contributed by atoms with Crippen molar-refractivity contribution in [1.82, 2.24) is 4.90 Å². The summed E-state index contributed by atoms with van der Waals surface area (Å²) in [5.41, 5.74) is 2.01. The van der Waals surface area contributed by atoms with Gasteiger partial charge in [0.1, 0.15) is 17.4 Å². The predicted octanol–water partition coefficient (Wildman–Crippen LogP) is 1.90. The summed E-state index contributed by atoms with van der Waals surface area (Å²) in [6, 6.07) is 4.83. The number of carboxylic acids is 1. The van der Waals surface area contributed by atoms with Gasteiger partial charge in [0.15, 0.2) is 0 Å². The maximum atomic E-state index is 12.1. The van der Waals surface area contributed by atoms with Gasteiger partial charge in [0.05, 0.1) is 23.6 Å². The number of carbonyl (C=O) groups excluding carboxylic acids is 1. The number of rotatable bonds is 4. The Morgan fingerprint density at radius 3 is 3.10 bits per heavy atom. The number of amides is 1. The van der Waals surface area contributed by atoms with Crippen molar-refractivity contribution in [3.63, 3.8) is 0 Å². The highest BCUT2D eigenvalue weighted by Gasteiger charge is 2.31. The Morgan fingerprint density at radius 2 is 2.29 bits per heavy atom. The minimum atomic E-state index is -0.869. The van der Waals surface area contributed by atoms with Gasteiger partial charge < -0.3 is 10.4 Å². The van der Waals surface area contributed by atoms with Crippen LogP contribution in [0.25, 0.3) is 0 Å². The number of nitrogens with zero attached hydrogens (tertiary/aromatic N) is 3. The first-order valence-electron chi connectivity index (χ1n) is 6.63. The zero-order chi connectivity index (χ0) is 14.8. The van der Waals surface area contributed by atoms with Crippen LogP contribution in [0.2, 0.25) is 0 Å². The lowest BCUT2D eigenvalue weighted by Gasteiger charge is -2.20. The van der Waals surface area contributed by atoms with Crippen molar-refractivity contribution in [2.75, 3.05) is 18.4 Å². The maximum absolute atomic E-state index is 12.1. The molecule has 0 aromatic heterocycles. The molecule has 0 bridgehead atoms. The molecule has 7 nitrogen and oxygen atoms in total. The molecule has 110 valence electrons. The third kappa shape index (κ3) is 2.86. The average molecular weight is 306 g/mol. The number of carboxylic acid groups (broad SMARTS) is 1. The van der Waals surface area contributed by atoms with Crippen LogP contribution in [0.3, 0.4) is 0 Å². The van der Waals surface area contributed by atoms with Crippen molar-refractivity contribution in [3.8, 4) is 0 Å². The summed E-state index contributed by atoms with van der Waals surface area (Å²) in [5.74, 6) is -1.10. The van der Waals surface area contributed by atoms with Gasteiger partial charge in [0.25, 0.3) is 0 Å². The second kappa shape index (κ2) is 5.74. The van der Waals surface area contributed by atoms with Crippen molar-refractivity contribution in [3.05, 3.63) is 18.2 Å². The lowest BCUT2D eigenvalue weighted by Crippen LogP contribution is -2.40. The van der Waals surface area contributed by atoms with Crippen LogP contribution in [0.1, 0.15) is 12.8 Å². The number of hydrogen-bond donors (Lipinski definition) is 2. The normalized spacial score (nSPS) is 20.1. The highest BCUT2D eigenvalue weighted by molar-refractivity contribution is 7.58. The van der Waals surface area contributed by atoms with Crippen LogP contribution in [0.5, 0.6) is 0 Å². The molecular formula is C13H14N4O3S. The number of carbonyl (C=O) groups is 2. The summed E-state index contributed by atoms with van der Waals surface area (Å²) in [7, 11) is 0. The summed E-state index contributed by atoms with van der Waals surface area (Å²) in [5, 5.41) is 11.9. The molecule has 2 heterocycles. The SMILES string of the molecule is O=C(CN1CCC[C@H]1C(=O)O)Nc1cccc2c1N=S=N2. The van der Waals surface area contributed by atoms with E-state index in [1.54, 1.807) is 17.0 Å². The van der Waals surface area contributed by atoms with Crippen molar-refractivity contribution in [2.45, 2.75) is 18.9 Å². The fourth-order valence-electron chi connectivity index (χ4n) is 2.58. The molecule has 21 heavy (non-hydrogen) atoms. The molecule has 0 aliphatic carbocycles. The van der Waals surface area contributed by atoms with E-state index in [0.29, 0.717) is 24.3 Å². The Hall–Kier alpha value is -2.06. The average Bonchev–Trinajstić information content (AvgIpc) is 3.07. The highest BCUT2D eigenvalue weighted by Crippen LogP contribution is 2.38. The molecule has 1 amide bonds. The fraction of sp³-hybridized carbons (Fsp3) is 0.385. The minimum absolute atomic E-state index is 0.0743. The molecule has 0 unspecified atom stereocenters. The number of hydrogen-bond acceptors (Lipinski definition) is 5. The molecule has 1 atom stereocenters. The van der Waals surface area contributed by atoms with E-state index in [4.69, 9.17) is 5.11 Å². The van der Waals surface area contributed by atoms with Crippen LogP contribution in [0, 0.1) is 0 Å². The van der Waals surface area contributed by atoms with E-state index in [0.717, 1.165) is 23.5 Å². The Morgan fingerprint density at radius 1 is 1.43 bits per heavy atom. The molecule has 8 heteroatoms. The monoisotopic (exact) mass is 306 g/mol. The van der Waals surface area contributed by atoms with Gasteiger partial charge in [-0.1, -0.05) is 6.07 Å². The first-order chi connectivity index (χ1) is 10.1. The number of fused-ring (bicyclic) bond motifs is 1. The second-order valence-corrected chi connectivity index (χ2v) is 5.48. The van der Waals surface area contributed by atoms with Crippen LogP contribution in [0.15, 0.2) is 26.9 Å². The molecule has 3 rings (SSSR count). The smallest absolute Gasteiger partial charge is 0.320 e. The van der Waals surface area contributed by atoms with E-state index in [1.807, 2.05) is 6.07 Å². The number of nitrogens with one attached hydrogen (secondary N) is 1. The van der Waals surface area contributed by atoms with E-state index in [2.05, 4.69) is 14.0 Å². The first kappa shape index (κ1) is 13.9. The Balaban J connectivity index is 1.67. The zero-order valence-electron chi connectivity index (χ0n) is 11.2. The molecule has 1 saturated heterocycles. The van der Waals surface area contributed by atoms with Crippen molar-refractivity contribution in [2.24, 2.45) is 8.73 Å². The molecule has 2 N–H and O–H groups in total. The van der Waals surface area contributed by atoms with Gasteiger partial charge in [0, 0.05) is 0 Å². The minimum Gasteiger partial charge on any atom is -0.480 e. The number of benzene rings is 1. The maximum Gasteiger partial charge on any atom is 0.320 e. The summed E-state index contributed by atoms with van der Waals surface area (Å²) < 4.78 is 8.27. The zero-order valence-corrected chi connectivity index (χ0v) is 12.0. The Labute approximate surface area is 124 Å².